The SMILES string of the molecule is Cc1cc2oc(-c3cn(-c4ccccc4)nc3-c3ccc(Cl)cc3)cc(=O)c2cc1Cl. The number of para-hydroxylation sites is 1. The first-order chi connectivity index (χ1) is 15.0. The van der Waals surface area contributed by atoms with Crippen LogP contribution in [0.4, 0.5) is 0 Å². The maximum absolute atomic E-state index is 12.8. The number of benzene rings is 3. The van der Waals surface area contributed by atoms with Crippen LogP contribution in [0.1, 0.15) is 5.56 Å². The van der Waals surface area contributed by atoms with Crippen LogP contribution in [0.2, 0.25) is 10.0 Å². The lowest BCUT2D eigenvalue weighted by Gasteiger charge is -2.06. The molecule has 5 aromatic rings. The molecule has 2 heterocycles. The van der Waals surface area contributed by atoms with E-state index in [2.05, 4.69) is 0 Å². The van der Waals surface area contributed by atoms with Crippen LogP contribution in [0.25, 0.3) is 39.2 Å². The number of fused-ring (bicyclic) bond motifs is 1. The van der Waals surface area contributed by atoms with Gasteiger partial charge in [0.05, 0.1) is 16.6 Å². The lowest BCUT2D eigenvalue weighted by Crippen LogP contribution is -2.01. The quantitative estimate of drug-likeness (QED) is 0.301. The van der Waals surface area contributed by atoms with Gasteiger partial charge in [0.1, 0.15) is 17.0 Å². The third-order valence-electron chi connectivity index (χ3n) is 5.13. The first kappa shape index (κ1) is 19.6. The average Bonchev–Trinajstić information content (AvgIpc) is 3.22. The largest absolute Gasteiger partial charge is 0.456 e. The summed E-state index contributed by atoms with van der Waals surface area (Å²) in [6.45, 7) is 1.88. The Kier molecular flexibility index (Phi) is 4.89. The van der Waals surface area contributed by atoms with E-state index in [1.54, 1.807) is 16.8 Å². The Balaban J connectivity index is 1.76. The number of hydrogen-bond donors (Lipinski definition) is 0. The molecule has 0 amide bonds. The Bertz CT molecular complexity index is 1470. The summed E-state index contributed by atoms with van der Waals surface area (Å²) in [7, 11) is 0. The number of hydrogen-bond acceptors (Lipinski definition) is 3. The van der Waals surface area contributed by atoms with E-state index < -0.39 is 0 Å². The van der Waals surface area contributed by atoms with Crippen LogP contribution in [-0.4, -0.2) is 9.78 Å². The second-order valence-electron chi connectivity index (χ2n) is 7.25. The summed E-state index contributed by atoms with van der Waals surface area (Å²) in [5, 5.41) is 6.41. The standard InChI is InChI=1S/C25H16Cl2N2O2/c1-15-11-23-19(12-21(15)27)22(30)13-24(31-23)20-14-29(18-5-3-2-4-6-18)28-25(20)16-7-9-17(26)10-8-16/h2-14H,1H3. The highest BCUT2D eigenvalue weighted by Crippen LogP contribution is 2.34. The Labute approximate surface area is 188 Å². The van der Waals surface area contributed by atoms with Gasteiger partial charge in [0.15, 0.2) is 5.43 Å². The number of aryl methyl sites for hydroxylation is 1. The molecule has 0 saturated heterocycles. The fraction of sp³-hybridized carbons (Fsp3) is 0.0400. The molecule has 6 heteroatoms. The van der Waals surface area contributed by atoms with E-state index in [1.807, 2.05) is 67.7 Å². The summed E-state index contributed by atoms with van der Waals surface area (Å²) in [5.74, 6) is 0.436. The second kappa shape index (κ2) is 7.73. The Hall–Kier alpha value is -3.34. The molecular weight excluding hydrogens is 431 g/mol. The van der Waals surface area contributed by atoms with Crippen molar-refractivity contribution in [3.8, 4) is 28.3 Å². The van der Waals surface area contributed by atoms with E-state index in [4.69, 9.17) is 32.7 Å². The van der Waals surface area contributed by atoms with Crippen LogP contribution in [0.5, 0.6) is 0 Å². The van der Waals surface area contributed by atoms with Crippen molar-refractivity contribution in [2.75, 3.05) is 0 Å². The van der Waals surface area contributed by atoms with Gasteiger partial charge in [0.2, 0.25) is 0 Å². The molecule has 3 aromatic carbocycles. The molecule has 0 radical (unpaired) electrons. The van der Waals surface area contributed by atoms with Crippen molar-refractivity contribution in [3.05, 3.63) is 105 Å². The number of rotatable bonds is 3. The predicted octanol–water partition coefficient (Wildman–Crippen LogP) is 6.93. The molecule has 0 aliphatic carbocycles. The molecule has 0 bridgehead atoms. The summed E-state index contributed by atoms with van der Waals surface area (Å²) < 4.78 is 7.94. The van der Waals surface area contributed by atoms with E-state index in [0.717, 1.165) is 16.8 Å². The van der Waals surface area contributed by atoms with E-state index >= 15 is 0 Å². The van der Waals surface area contributed by atoms with Crippen molar-refractivity contribution in [2.45, 2.75) is 6.92 Å². The summed E-state index contributed by atoms with van der Waals surface area (Å²) in [5.41, 5.74) is 4.32. The van der Waals surface area contributed by atoms with Crippen LogP contribution in [-0.2, 0) is 0 Å². The normalized spacial score (nSPS) is 11.2. The van der Waals surface area contributed by atoms with Gasteiger partial charge in [0, 0.05) is 27.9 Å². The molecule has 31 heavy (non-hydrogen) atoms. The summed E-state index contributed by atoms with van der Waals surface area (Å²) >= 11 is 12.3. The van der Waals surface area contributed by atoms with Crippen molar-refractivity contribution in [1.82, 2.24) is 9.78 Å². The molecule has 2 aromatic heterocycles. The van der Waals surface area contributed by atoms with Gasteiger partial charge in [-0.2, -0.15) is 5.10 Å². The third-order valence-corrected chi connectivity index (χ3v) is 5.79. The van der Waals surface area contributed by atoms with E-state index in [0.29, 0.717) is 38.0 Å². The van der Waals surface area contributed by atoms with Gasteiger partial charge >= 0.3 is 0 Å². The molecule has 0 N–H and O–H groups in total. The lowest BCUT2D eigenvalue weighted by molar-refractivity contribution is 0.619. The summed E-state index contributed by atoms with van der Waals surface area (Å²) in [4.78, 5) is 12.8. The number of aromatic nitrogens is 2. The van der Waals surface area contributed by atoms with Gasteiger partial charge in [-0.15, -0.1) is 0 Å². The number of halogens is 2. The first-order valence-corrected chi connectivity index (χ1v) is 10.4. The zero-order valence-electron chi connectivity index (χ0n) is 16.5. The molecule has 0 fully saturated rings. The van der Waals surface area contributed by atoms with Crippen LogP contribution in [0.15, 0.2) is 88.2 Å². The van der Waals surface area contributed by atoms with Crippen molar-refractivity contribution in [1.29, 1.82) is 0 Å². The van der Waals surface area contributed by atoms with Crippen LogP contribution in [0.3, 0.4) is 0 Å². The molecule has 0 aliphatic heterocycles. The molecule has 0 aliphatic rings. The van der Waals surface area contributed by atoms with Crippen molar-refractivity contribution >= 4 is 34.2 Å². The molecular formula is C25H16Cl2N2O2. The molecule has 0 saturated carbocycles. The van der Waals surface area contributed by atoms with Gasteiger partial charge < -0.3 is 4.42 Å². The molecule has 0 atom stereocenters. The monoisotopic (exact) mass is 446 g/mol. The highest BCUT2D eigenvalue weighted by molar-refractivity contribution is 6.32. The van der Waals surface area contributed by atoms with Crippen LogP contribution < -0.4 is 5.43 Å². The second-order valence-corrected chi connectivity index (χ2v) is 8.09. The predicted molar refractivity (Wildman–Crippen MR) is 125 cm³/mol. The van der Waals surface area contributed by atoms with Crippen molar-refractivity contribution in [3.63, 3.8) is 0 Å². The Morgan fingerprint density at radius 1 is 0.935 bits per heavy atom. The Morgan fingerprint density at radius 2 is 1.68 bits per heavy atom. The van der Waals surface area contributed by atoms with E-state index in [9.17, 15) is 4.79 Å². The smallest absolute Gasteiger partial charge is 0.193 e. The van der Waals surface area contributed by atoms with Gasteiger partial charge in [-0.05, 0) is 48.9 Å². The minimum atomic E-state index is -0.160. The molecule has 4 nitrogen and oxygen atoms in total. The fourth-order valence-electron chi connectivity index (χ4n) is 3.50. The van der Waals surface area contributed by atoms with Gasteiger partial charge in [0.25, 0.3) is 0 Å². The van der Waals surface area contributed by atoms with Crippen molar-refractivity contribution in [2.24, 2.45) is 0 Å². The molecule has 0 spiro atoms. The zero-order valence-corrected chi connectivity index (χ0v) is 18.0. The van der Waals surface area contributed by atoms with Gasteiger partial charge in [-0.1, -0.05) is 53.5 Å². The third kappa shape index (κ3) is 3.65. The Morgan fingerprint density at radius 3 is 2.42 bits per heavy atom. The van der Waals surface area contributed by atoms with Crippen LogP contribution >= 0.6 is 23.2 Å². The summed E-state index contributed by atoms with van der Waals surface area (Å²) in [6.07, 6.45) is 1.87. The minimum Gasteiger partial charge on any atom is -0.456 e. The fourth-order valence-corrected chi connectivity index (χ4v) is 3.79. The molecule has 152 valence electrons. The average molecular weight is 447 g/mol. The van der Waals surface area contributed by atoms with Crippen LogP contribution in [0, 0.1) is 6.92 Å². The zero-order chi connectivity index (χ0) is 21.5. The van der Waals surface area contributed by atoms with E-state index in [-0.39, 0.29) is 5.43 Å². The van der Waals surface area contributed by atoms with Crippen molar-refractivity contribution < 1.29 is 4.42 Å². The van der Waals surface area contributed by atoms with E-state index in [1.165, 1.54) is 6.07 Å². The maximum atomic E-state index is 12.8. The highest BCUT2D eigenvalue weighted by Gasteiger charge is 2.18. The van der Waals surface area contributed by atoms with Gasteiger partial charge in [-0.3, -0.25) is 4.79 Å². The van der Waals surface area contributed by atoms with Gasteiger partial charge in [-0.25, -0.2) is 4.68 Å². The number of nitrogens with zero attached hydrogens (tertiary/aromatic N) is 2. The maximum Gasteiger partial charge on any atom is 0.193 e. The topological polar surface area (TPSA) is 48.0 Å². The molecule has 5 rings (SSSR count). The summed E-state index contributed by atoms with van der Waals surface area (Å²) in [6, 6.07) is 22.1. The first-order valence-electron chi connectivity index (χ1n) is 9.65. The highest BCUT2D eigenvalue weighted by atomic mass is 35.5. The molecule has 0 unspecified atom stereocenters. The lowest BCUT2D eigenvalue weighted by atomic mass is 10.1. The minimum absolute atomic E-state index is 0.160.